The van der Waals surface area contributed by atoms with Crippen LogP contribution in [0.25, 0.3) is 0 Å². The summed E-state index contributed by atoms with van der Waals surface area (Å²) >= 11 is 3.31. The molecule has 100 valence electrons. The predicted molar refractivity (Wildman–Crippen MR) is 76.2 cm³/mol. The highest BCUT2D eigenvalue weighted by Crippen LogP contribution is 2.17. The summed E-state index contributed by atoms with van der Waals surface area (Å²) in [7, 11) is 1.73. The first-order valence-corrected chi connectivity index (χ1v) is 6.64. The molecular formula is C13H14BrN3O2. The third-order valence-corrected chi connectivity index (χ3v) is 3.01. The van der Waals surface area contributed by atoms with E-state index in [9.17, 15) is 4.79 Å². The quantitative estimate of drug-likeness (QED) is 0.887. The number of nitrogens with zero attached hydrogens (tertiary/aromatic N) is 1. The number of aromatic nitrogens is 1. The van der Waals surface area contributed by atoms with Crippen molar-refractivity contribution in [1.29, 1.82) is 0 Å². The zero-order valence-corrected chi connectivity index (χ0v) is 12.0. The number of hydrogen-bond acceptors (Lipinski definition) is 4. The zero-order valence-electron chi connectivity index (χ0n) is 10.4. The van der Waals surface area contributed by atoms with Crippen molar-refractivity contribution in [3.05, 3.63) is 46.5 Å². The Morgan fingerprint density at radius 3 is 3.05 bits per heavy atom. The van der Waals surface area contributed by atoms with Crippen LogP contribution in [-0.4, -0.2) is 24.5 Å². The minimum absolute atomic E-state index is 0.162. The fourth-order valence-corrected chi connectivity index (χ4v) is 1.99. The van der Waals surface area contributed by atoms with Gasteiger partial charge in [-0.1, -0.05) is 0 Å². The second kappa shape index (κ2) is 6.38. The third-order valence-electron chi connectivity index (χ3n) is 2.57. The lowest BCUT2D eigenvalue weighted by atomic mass is 10.2. The molecule has 0 atom stereocenters. The lowest BCUT2D eigenvalue weighted by molar-refractivity contribution is 0.0954. The van der Waals surface area contributed by atoms with Crippen LogP contribution in [0.1, 0.15) is 16.1 Å². The maximum absolute atomic E-state index is 12.1. The van der Waals surface area contributed by atoms with E-state index in [2.05, 4.69) is 31.5 Å². The Bertz CT molecular complexity index is 555. The van der Waals surface area contributed by atoms with Gasteiger partial charge in [0.1, 0.15) is 11.6 Å². The van der Waals surface area contributed by atoms with Gasteiger partial charge in [-0.2, -0.15) is 0 Å². The summed E-state index contributed by atoms with van der Waals surface area (Å²) < 4.78 is 5.97. The molecule has 0 unspecified atom stereocenters. The van der Waals surface area contributed by atoms with E-state index < -0.39 is 0 Å². The predicted octanol–water partition coefficient (Wildman–Crippen LogP) is 2.45. The molecule has 0 saturated heterocycles. The number of carbonyl (C=O) groups excluding carboxylic acids is 1. The second-order valence-electron chi connectivity index (χ2n) is 3.88. The van der Waals surface area contributed by atoms with E-state index in [0.717, 1.165) is 10.2 Å². The van der Waals surface area contributed by atoms with Gasteiger partial charge in [0.05, 0.1) is 11.8 Å². The monoisotopic (exact) mass is 323 g/mol. The molecule has 0 radical (unpaired) electrons. The SMILES string of the molecule is CNc1ncc(Br)cc1C(=O)NCCc1ccco1. The Kier molecular flexibility index (Phi) is 4.57. The summed E-state index contributed by atoms with van der Waals surface area (Å²) in [6.45, 7) is 0.516. The van der Waals surface area contributed by atoms with Crippen molar-refractivity contribution in [2.75, 3.05) is 18.9 Å². The van der Waals surface area contributed by atoms with Crippen LogP contribution in [-0.2, 0) is 6.42 Å². The molecule has 0 bridgehead atoms. The normalized spacial score (nSPS) is 10.2. The van der Waals surface area contributed by atoms with Crippen LogP contribution in [0.3, 0.4) is 0 Å². The average molecular weight is 324 g/mol. The summed E-state index contributed by atoms with van der Waals surface area (Å²) in [6.07, 6.45) is 3.93. The lowest BCUT2D eigenvalue weighted by Gasteiger charge is -2.09. The van der Waals surface area contributed by atoms with Crippen molar-refractivity contribution in [2.24, 2.45) is 0 Å². The van der Waals surface area contributed by atoms with Crippen molar-refractivity contribution in [3.8, 4) is 0 Å². The number of carbonyl (C=O) groups is 1. The molecule has 1 amide bonds. The van der Waals surface area contributed by atoms with Crippen LogP contribution in [0.2, 0.25) is 0 Å². The Morgan fingerprint density at radius 1 is 1.53 bits per heavy atom. The number of amides is 1. The van der Waals surface area contributed by atoms with Gasteiger partial charge in [-0.3, -0.25) is 4.79 Å². The molecule has 0 aromatic carbocycles. The first kappa shape index (κ1) is 13.6. The minimum Gasteiger partial charge on any atom is -0.469 e. The van der Waals surface area contributed by atoms with Crippen LogP contribution in [0.4, 0.5) is 5.82 Å². The molecule has 5 nitrogen and oxygen atoms in total. The van der Waals surface area contributed by atoms with E-state index >= 15 is 0 Å². The van der Waals surface area contributed by atoms with Crippen LogP contribution in [0, 0.1) is 0 Å². The number of anilines is 1. The van der Waals surface area contributed by atoms with Crippen LogP contribution >= 0.6 is 15.9 Å². The first-order valence-electron chi connectivity index (χ1n) is 5.84. The van der Waals surface area contributed by atoms with Crippen LogP contribution in [0.15, 0.2) is 39.5 Å². The van der Waals surface area contributed by atoms with Gasteiger partial charge in [0.25, 0.3) is 5.91 Å². The van der Waals surface area contributed by atoms with Gasteiger partial charge in [-0.15, -0.1) is 0 Å². The highest BCUT2D eigenvalue weighted by Gasteiger charge is 2.12. The molecule has 2 aromatic heterocycles. The molecule has 0 spiro atoms. The van der Waals surface area contributed by atoms with Gasteiger partial charge in [-0.25, -0.2) is 4.98 Å². The molecule has 0 fully saturated rings. The third kappa shape index (κ3) is 3.57. The molecule has 2 rings (SSSR count). The first-order chi connectivity index (χ1) is 9.20. The zero-order chi connectivity index (χ0) is 13.7. The van der Waals surface area contributed by atoms with Crippen molar-refractivity contribution in [3.63, 3.8) is 0 Å². The Morgan fingerprint density at radius 2 is 2.37 bits per heavy atom. The highest BCUT2D eigenvalue weighted by molar-refractivity contribution is 9.10. The van der Waals surface area contributed by atoms with Crippen LogP contribution in [0.5, 0.6) is 0 Å². The highest BCUT2D eigenvalue weighted by atomic mass is 79.9. The molecule has 0 saturated carbocycles. The van der Waals surface area contributed by atoms with Crippen molar-refractivity contribution in [1.82, 2.24) is 10.3 Å². The number of nitrogens with one attached hydrogen (secondary N) is 2. The van der Waals surface area contributed by atoms with Crippen LogP contribution < -0.4 is 10.6 Å². The van der Waals surface area contributed by atoms with E-state index in [1.165, 1.54) is 0 Å². The molecule has 0 aliphatic heterocycles. The van der Waals surface area contributed by atoms with Crippen molar-refractivity contribution < 1.29 is 9.21 Å². The van der Waals surface area contributed by atoms with E-state index in [0.29, 0.717) is 24.3 Å². The fourth-order valence-electron chi connectivity index (χ4n) is 1.66. The van der Waals surface area contributed by atoms with Gasteiger partial charge in [0.15, 0.2) is 0 Å². The molecule has 2 heterocycles. The summed E-state index contributed by atoms with van der Waals surface area (Å²) in [4.78, 5) is 16.2. The van der Waals surface area contributed by atoms with E-state index in [4.69, 9.17) is 4.42 Å². The summed E-state index contributed by atoms with van der Waals surface area (Å²) in [5.74, 6) is 1.24. The summed E-state index contributed by atoms with van der Waals surface area (Å²) in [6, 6.07) is 5.45. The summed E-state index contributed by atoms with van der Waals surface area (Å²) in [5, 5.41) is 5.74. The largest absolute Gasteiger partial charge is 0.469 e. The molecule has 2 aromatic rings. The average Bonchev–Trinajstić information content (AvgIpc) is 2.91. The summed E-state index contributed by atoms with van der Waals surface area (Å²) in [5.41, 5.74) is 0.510. The smallest absolute Gasteiger partial charge is 0.255 e. The number of halogens is 1. The van der Waals surface area contributed by atoms with E-state index in [-0.39, 0.29) is 5.91 Å². The minimum atomic E-state index is -0.162. The molecular weight excluding hydrogens is 310 g/mol. The molecule has 0 aliphatic rings. The second-order valence-corrected chi connectivity index (χ2v) is 4.80. The number of rotatable bonds is 5. The number of pyridine rings is 1. The molecule has 6 heteroatoms. The maximum atomic E-state index is 12.1. The number of hydrogen-bond donors (Lipinski definition) is 2. The lowest BCUT2D eigenvalue weighted by Crippen LogP contribution is -2.26. The topological polar surface area (TPSA) is 67.2 Å². The van der Waals surface area contributed by atoms with Crippen molar-refractivity contribution >= 4 is 27.7 Å². The Labute approximate surface area is 119 Å². The maximum Gasteiger partial charge on any atom is 0.255 e. The van der Waals surface area contributed by atoms with E-state index in [1.807, 2.05) is 12.1 Å². The van der Waals surface area contributed by atoms with E-state index in [1.54, 1.807) is 25.6 Å². The van der Waals surface area contributed by atoms with Gasteiger partial charge in [-0.05, 0) is 34.1 Å². The molecule has 19 heavy (non-hydrogen) atoms. The van der Waals surface area contributed by atoms with Gasteiger partial charge >= 0.3 is 0 Å². The Hall–Kier alpha value is -1.82. The molecule has 2 N–H and O–H groups in total. The standard InChI is InChI=1S/C13H14BrN3O2/c1-15-12-11(7-9(14)8-17-12)13(18)16-5-4-10-3-2-6-19-10/h2-3,6-8H,4-5H2,1H3,(H,15,17)(H,16,18). The van der Waals surface area contributed by atoms with Gasteiger partial charge in [0.2, 0.25) is 0 Å². The molecule has 0 aliphatic carbocycles. The fraction of sp³-hybridized carbons (Fsp3) is 0.231. The number of furan rings is 1. The van der Waals surface area contributed by atoms with Crippen molar-refractivity contribution in [2.45, 2.75) is 6.42 Å². The Balaban J connectivity index is 1.97. The van der Waals surface area contributed by atoms with Gasteiger partial charge in [0, 0.05) is 30.7 Å². The van der Waals surface area contributed by atoms with Gasteiger partial charge < -0.3 is 15.1 Å².